The van der Waals surface area contributed by atoms with Crippen LogP contribution in [0.15, 0.2) is 18.2 Å². The van der Waals surface area contributed by atoms with Crippen molar-refractivity contribution in [3.05, 3.63) is 24.0 Å². The van der Waals surface area contributed by atoms with Gasteiger partial charge in [-0.3, -0.25) is 4.79 Å². The normalized spacial score (nSPS) is 11.1. The summed E-state index contributed by atoms with van der Waals surface area (Å²) in [7, 11) is 6.08. The van der Waals surface area contributed by atoms with E-state index >= 15 is 0 Å². The molecule has 0 aliphatic carbocycles. The number of carbonyl (C=O) groups is 1. The number of anilines is 2. The third kappa shape index (κ3) is 7.06. The quantitative estimate of drug-likeness (QED) is 0.716. The predicted molar refractivity (Wildman–Crippen MR) is 84.7 cm³/mol. The average Bonchev–Trinajstić information content (AvgIpc) is 2.39. The van der Waals surface area contributed by atoms with Gasteiger partial charge in [-0.05, 0) is 58.9 Å². The zero-order valence-corrected chi connectivity index (χ0v) is 13.0. The van der Waals surface area contributed by atoms with Crippen molar-refractivity contribution in [2.45, 2.75) is 12.8 Å². The molecule has 0 radical (unpaired) electrons. The van der Waals surface area contributed by atoms with Gasteiger partial charge in [0.2, 0.25) is 5.91 Å². The zero-order chi connectivity index (χ0) is 15.8. The molecule has 118 valence electrons. The average molecular weight is 296 g/mol. The second-order valence-corrected chi connectivity index (χ2v) is 5.49. The number of hydrogen-bond acceptors (Lipinski definition) is 4. The minimum atomic E-state index is -0.411. The lowest BCUT2D eigenvalue weighted by atomic mass is 10.2. The maximum Gasteiger partial charge on any atom is 0.225 e. The van der Waals surface area contributed by atoms with E-state index in [9.17, 15) is 9.18 Å². The smallest absolute Gasteiger partial charge is 0.225 e. The maximum atomic E-state index is 12.9. The SMILES string of the molecule is CN(C)CCCN(C)CCC(=O)Nc1ccc(F)cc1N. The standard InChI is InChI=1S/C15H25FN4O/c1-19(2)8-4-9-20(3)10-7-15(21)18-14-6-5-12(16)11-13(14)17/h5-6,11H,4,7-10,17H2,1-3H3,(H,18,21). The van der Waals surface area contributed by atoms with Crippen LogP contribution in [0, 0.1) is 5.82 Å². The van der Waals surface area contributed by atoms with Crippen LogP contribution in [-0.4, -0.2) is 56.5 Å². The molecule has 0 unspecified atom stereocenters. The first-order valence-electron chi connectivity index (χ1n) is 7.06. The van der Waals surface area contributed by atoms with Gasteiger partial charge in [-0.15, -0.1) is 0 Å². The highest BCUT2D eigenvalue weighted by Crippen LogP contribution is 2.19. The van der Waals surface area contributed by atoms with Gasteiger partial charge in [0.1, 0.15) is 5.82 Å². The highest BCUT2D eigenvalue weighted by atomic mass is 19.1. The number of hydrogen-bond donors (Lipinski definition) is 2. The lowest BCUT2D eigenvalue weighted by Crippen LogP contribution is -2.27. The molecule has 21 heavy (non-hydrogen) atoms. The van der Waals surface area contributed by atoms with Crippen molar-refractivity contribution in [1.82, 2.24) is 9.80 Å². The Kier molecular flexibility index (Phi) is 7.11. The number of nitrogens with one attached hydrogen (secondary N) is 1. The van der Waals surface area contributed by atoms with Crippen LogP contribution in [0.5, 0.6) is 0 Å². The van der Waals surface area contributed by atoms with Crippen LogP contribution < -0.4 is 11.1 Å². The van der Waals surface area contributed by atoms with E-state index in [-0.39, 0.29) is 11.6 Å². The molecular formula is C15H25FN4O. The monoisotopic (exact) mass is 296 g/mol. The first-order valence-corrected chi connectivity index (χ1v) is 7.06. The molecule has 0 saturated heterocycles. The molecule has 0 aromatic heterocycles. The summed E-state index contributed by atoms with van der Waals surface area (Å²) >= 11 is 0. The van der Waals surface area contributed by atoms with Crippen molar-refractivity contribution in [3.63, 3.8) is 0 Å². The van der Waals surface area contributed by atoms with Gasteiger partial charge in [0.05, 0.1) is 11.4 Å². The highest BCUT2D eigenvalue weighted by molar-refractivity contribution is 5.93. The Balaban J connectivity index is 2.30. The largest absolute Gasteiger partial charge is 0.397 e. The van der Waals surface area contributed by atoms with E-state index in [4.69, 9.17) is 5.73 Å². The van der Waals surface area contributed by atoms with Gasteiger partial charge in [-0.25, -0.2) is 4.39 Å². The fourth-order valence-corrected chi connectivity index (χ4v) is 1.92. The van der Waals surface area contributed by atoms with Gasteiger partial charge >= 0.3 is 0 Å². The Hall–Kier alpha value is -1.66. The number of benzene rings is 1. The maximum absolute atomic E-state index is 12.9. The van der Waals surface area contributed by atoms with Gasteiger partial charge in [0.25, 0.3) is 0 Å². The molecule has 0 atom stereocenters. The summed E-state index contributed by atoms with van der Waals surface area (Å²) < 4.78 is 12.9. The van der Waals surface area contributed by atoms with Gasteiger partial charge in [-0.1, -0.05) is 0 Å². The summed E-state index contributed by atoms with van der Waals surface area (Å²) in [5.41, 5.74) is 6.34. The zero-order valence-electron chi connectivity index (χ0n) is 13.0. The summed E-state index contributed by atoms with van der Waals surface area (Å²) in [6, 6.07) is 3.95. The Labute approximate surface area is 125 Å². The van der Waals surface area contributed by atoms with Crippen LogP contribution in [0.3, 0.4) is 0 Å². The van der Waals surface area contributed by atoms with Crippen molar-refractivity contribution >= 4 is 17.3 Å². The fourth-order valence-electron chi connectivity index (χ4n) is 1.92. The number of amides is 1. The molecule has 0 heterocycles. The van der Waals surface area contributed by atoms with Crippen molar-refractivity contribution in [1.29, 1.82) is 0 Å². The number of nitrogens with two attached hydrogens (primary N) is 1. The van der Waals surface area contributed by atoms with E-state index in [2.05, 4.69) is 15.1 Å². The highest BCUT2D eigenvalue weighted by Gasteiger charge is 2.08. The molecule has 1 aromatic rings. The van der Waals surface area contributed by atoms with E-state index in [0.717, 1.165) is 19.5 Å². The predicted octanol–water partition coefficient (Wildman–Crippen LogP) is 1.62. The first kappa shape index (κ1) is 17.4. The molecular weight excluding hydrogens is 271 g/mol. The summed E-state index contributed by atoms with van der Waals surface area (Å²) in [4.78, 5) is 16.1. The summed E-state index contributed by atoms with van der Waals surface area (Å²) in [5.74, 6) is -0.529. The number of nitrogen functional groups attached to an aromatic ring is 1. The molecule has 5 nitrogen and oxygen atoms in total. The van der Waals surface area contributed by atoms with Gasteiger partial charge in [0, 0.05) is 13.0 Å². The second kappa shape index (κ2) is 8.59. The van der Waals surface area contributed by atoms with Crippen LogP contribution in [-0.2, 0) is 4.79 Å². The van der Waals surface area contributed by atoms with Crippen molar-refractivity contribution in [2.24, 2.45) is 0 Å². The second-order valence-electron chi connectivity index (χ2n) is 5.49. The van der Waals surface area contributed by atoms with Crippen LogP contribution in [0.2, 0.25) is 0 Å². The van der Waals surface area contributed by atoms with Crippen LogP contribution in [0.25, 0.3) is 0 Å². The minimum absolute atomic E-state index is 0.118. The molecule has 1 aromatic carbocycles. The van der Waals surface area contributed by atoms with E-state index < -0.39 is 5.82 Å². The molecule has 0 spiro atoms. The van der Waals surface area contributed by atoms with Gasteiger partial charge < -0.3 is 20.9 Å². The Morgan fingerprint density at radius 1 is 1.24 bits per heavy atom. The topological polar surface area (TPSA) is 61.6 Å². The molecule has 6 heteroatoms. The molecule has 0 saturated carbocycles. The third-order valence-corrected chi connectivity index (χ3v) is 3.15. The lowest BCUT2D eigenvalue weighted by Gasteiger charge is -2.18. The lowest BCUT2D eigenvalue weighted by molar-refractivity contribution is -0.116. The van der Waals surface area contributed by atoms with Crippen molar-refractivity contribution < 1.29 is 9.18 Å². The number of carbonyl (C=O) groups excluding carboxylic acids is 1. The van der Waals surface area contributed by atoms with E-state index in [1.54, 1.807) is 0 Å². The Morgan fingerprint density at radius 2 is 1.95 bits per heavy atom. The Morgan fingerprint density at radius 3 is 2.57 bits per heavy atom. The first-order chi connectivity index (χ1) is 9.88. The number of nitrogens with zero attached hydrogens (tertiary/aromatic N) is 2. The Bertz CT molecular complexity index is 465. The molecule has 0 aliphatic rings. The molecule has 3 N–H and O–H groups in total. The summed E-state index contributed by atoms with van der Waals surface area (Å²) in [6.07, 6.45) is 1.45. The van der Waals surface area contributed by atoms with Crippen LogP contribution in [0.4, 0.5) is 15.8 Å². The summed E-state index contributed by atoms with van der Waals surface area (Å²) in [5, 5.41) is 2.70. The van der Waals surface area contributed by atoms with Gasteiger partial charge in [-0.2, -0.15) is 0 Å². The number of halogens is 1. The van der Waals surface area contributed by atoms with Crippen LogP contribution >= 0.6 is 0 Å². The van der Waals surface area contributed by atoms with Crippen molar-refractivity contribution in [2.75, 3.05) is 51.8 Å². The van der Waals surface area contributed by atoms with E-state index in [1.165, 1.54) is 18.2 Å². The molecule has 0 aliphatic heterocycles. The van der Waals surface area contributed by atoms with Gasteiger partial charge in [0.15, 0.2) is 0 Å². The molecule has 1 rings (SSSR count). The summed E-state index contributed by atoms with van der Waals surface area (Å²) in [6.45, 7) is 2.66. The third-order valence-electron chi connectivity index (χ3n) is 3.15. The molecule has 0 fully saturated rings. The van der Waals surface area contributed by atoms with Crippen molar-refractivity contribution in [3.8, 4) is 0 Å². The van der Waals surface area contributed by atoms with E-state index in [1.807, 2.05) is 21.1 Å². The minimum Gasteiger partial charge on any atom is -0.397 e. The van der Waals surface area contributed by atoms with E-state index in [0.29, 0.717) is 18.7 Å². The van der Waals surface area contributed by atoms with Crippen LogP contribution in [0.1, 0.15) is 12.8 Å². The molecule has 0 bridgehead atoms. The fraction of sp³-hybridized carbons (Fsp3) is 0.533. The molecule has 1 amide bonds. The number of rotatable bonds is 8.